The van der Waals surface area contributed by atoms with E-state index in [2.05, 4.69) is 30.4 Å². The molecule has 0 aliphatic rings. The molecule has 0 aliphatic heterocycles. The van der Waals surface area contributed by atoms with Gasteiger partial charge in [0, 0.05) is 16.4 Å². The van der Waals surface area contributed by atoms with Gasteiger partial charge in [-0.1, -0.05) is 22.0 Å². The second-order valence-electron chi connectivity index (χ2n) is 5.75. The molecule has 2 aromatic carbocycles. The lowest BCUT2D eigenvalue weighted by Crippen LogP contribution is -2.15. The van der Waals surface area contributed by atoms with Gasteiger partial charge < -0.3 is 4.74 Å². The molecule has 0 unspecified atom stereocenters. The SMILES string of the molecule is COc1ccc(Br)cc1S(=O)(=O)Nc1ccc(S(=O)(=O)Nc2ccccn2)cc1. The van der Waals surface area contributed by atoms with E-state index in [1.807, 2.05) is 0 Å². The molecule has 0 atom stereocenters. The molecule has 1 aromatic heterocycles. The quantitative estimate of drug-likeness (QED) is 0.516. The zero-order chi connectivity index (χ0) is 21.1. The summed E-state index contributed by atoms with van der Waals surface area (Å²) in [5.41, 5.74) is 0.198. The number of nitrogens with zero attached hydrogens (tertiary/aromatic N) is 1. The van der Waals surface area contributed by atoms with Crippen LogP contribution in [0.5, 0.6) is 5.75 Å². The Bertz CT molecular complexity index is 1220. The van der Waals surface area contributed by atoms with Crippen molar-refractivity contribution in [2.45, 2.75) is 9.79 Å². The lowest BCUT2D eigenvalue weighted by molar-refractivity contribution is 0.403. The highest BCUT2D eigenvalue weighted by Gasteiger charge is 2.21. The van der Waals surface area contributed by atoms with Crippen molar-refractivity contribution in [3.8, 4) is 5.75 Å². The van der Waals surface area contributed by atoms with Gasteiger partial charge in [0.2, 0.25) is 0 Å². The van der Waals surface area contributed by atoms with Crippen LogP contribution in [-0.4, -0.2) is 28.9 Å². The first-order valence-electron chi connectivity index (χ1n) is 8.11. The van der Waals surface area contributed by atoms with Crippen LogP contribution in [0.25, 0.3) is 0 Å². The molecule has 0 radical (unpaired) electrons. The van der Waals surface area contributed by atoms with Gasteiger partial charge in [-0.2, -0.15) is 0 Å². The highest BCUT2D eigenvalue weighted by atomic mass is 79.9. The summed E-state index contributed by atoms with van der Waals surface area (Å²) < 4.78 is 60.7. The van der Waals surface area contributed by atoms with Gasteiger partial charge in [-0.15, -0.1) is 0 Å². The van der Waals surface area contributed by atoms with E-state index in [0.29, 0.717) is 4.47 Å². The van der Waals surface area contributed by atoms with Crippen molar-refractivity contribution in [3.05, 3.63) is 71.3 Å². The highest BCUT2D eigenvalue weighted by Crippen LogP contribution is 2.29. The van der Waals surface area contributed by atoms with Crippen LogP contribution in [0.15, 0.2) is 81.1 Å². The summed E-state index contributed by atoms with van der Waals surface area (Å²) in [4.78, 5) is 3.83. The number of nitrogens with one attached hydrogen (secondary N) is 2. The van der Waals surface area contributed by atoms with Crippen LogP contribution >= 0.6 is 15.9 Å². The van der Waals surface area contributed by atoms with Crippen LogP contribution in [0.2, 0.25) is 0 Å². The van der Waals surface area contributed by atoms with Crippen molar-refractivity contribution < 1.29 is 21.6 Å². The minimum atomic E-state index is -3.96. The first-order chi connectivity index (χ1) is 13.7. The van der Waals surface area contributed by atoms with Crippen molar-refractivity contribution in [1.29, 1.82) is 0 Å². The summed E-state index contributed by atoms with van der Waals surface area (Å²) in [7, 11) is -6.44. The van der Waals surface area contributed by atoms with Gasteiger partial charge in [-0.3, -0.25) is 9.44 Å². The minimum Gasteiger partial charge on any atom is -0.495 e. The van der Waals surface area contributed by atoms with Crippen molar-refractivity contribution in [2.75, 3.05) is 16.6 Å². The summed E-state index contributed by atoms with van der Waals surface area (Å²) in [5.74, 6) is 0.360. The van der Waals surface area contributed by atoms with Gasteiger partial charge in [0.05, 0.1) is 12.0 Å². The number of hydrogen-bond acceptors (Lipinski definition) is 6. The number of halogens is 1. The molecule has 8 nitrogen and oxygen atoms in total. The van der Waals surface area contributed by atoms with E-state index < -0.39 is 20.0 Å². The third-order valence-electron chi connectivity index (χ3n) is 3.74. The van der Waals surface area contributed by atoms with Gasteiger partial charge in [-0.05, 0) is 54.6 Å². The molecule has 0 aliphatic carbocycles. The normalized spacial score (nSPS) is 11.7. The molecule has 0 spiro atoms. The largest absolute Gasteiger partial charge is 0.495 e. The fraction of sp³-hybridized carbons (Fsp3) is 0.0556. The predicted octanol–water partition coefficient (Wildman–Crippen LogP) is 3.45. The molecule has 11 heteroatoms. The Balaban J connectivity index is 1.83. The second kappa shape index (κ2) is 8.39. The molecule has 29 heavy (non-hydrogen) atoms. The standard InChI is InChI=1S/C18H16BrN3O5S2/c1-27-16-10-5-13(19)12-17(16)29(25,26)21-14-6-8-15(9-7-14)28(23,24)22-18-4-2-3-11-20-18/h2-12,21H,1H3,(H,20,22). The maximum absolute atomic E-state index is 12.7. The Morgan fingerprint density at radius 1 is 0.897 bits per heavy atom. The number of ether oxygens (including phenoxy) is 1. The van der Waals surface area contributed by atoms with Gasteiger partial charge in [0.25, 0.3) is 20.0 Å². The van der Waals surface area contributed by atoms with Crippen LogP contribution in [0.4, 0.5) is 11.5 Å². The molecular weight excluding hydrogens is 482 g/mol. The molecule has 0 saturated heterocycles. The number of benzene rings is 2. The number of anilines is 2. The number of rotatable bonds is 7. The number of sulfonamides is 2. The fourth-order valence-corrected chi connectivity index (χ4v) is 5.17. The first kappa shape index (κ1) is 21.1. The summed E-state index contributed by atoms with van der Waals surface area (Å²) in [6, 6.07) is 14.7. The Morgan fingerprint density at radius 3 is 2.24 bits per heavy atom. The molecule has 0 amide bonds. The lowest BCUT2D eigenvalue weighted by Gasteiger charge is -2.12. The summed E-state index contributed by atoms with van der Waals surface area (Å²) >= 11 is 3.24. The second-order valence-corrected chi connectivity index (χ2v) is 9.99. The summed E-state index contributed by atoms with van der Waals surface area (Å²) in [5, 5.41) is 0. The fourth-order valence-electron chi connectivity index (χ4n) is 2.39. The van der Waals surface area contributed by atoms with Gasteiger partial charge in [0.15, 0.2) is 0 Å². The van der Waals surface area contributed by atoms with Crippen molar-refractivity contribution >= 4 is 47.5 Å². The first-order valence-corrected chi connectivity index (χ1v) is 11.9. The van der Waals surface area contributed by atoms with E-state index in [9.17, 15) is 16.8 Å². The predicted molar refractivity (Wildman–Crippen MR) is 113 cm³/mol. The maximum atomic E-state index is 12.7. The van der Waals surface area contributed by atoms with E-state index >= 15 is 0 Å². The molecule has 3 rings (SSSR count). The Hall–Kier alpha value is -2.63. The van der Waals surface area contributed by atoms with E-state index in [4.69, 9.17) is 4.74 Å². The van der Waals surface area contributed by atoms with E-state index in [-0.39, 0.29) is 27.0 Å². The third-order valence-corrected chi connectivity index (χ3v) is 7.00. The van der Waals surface area contributed by atoms with Crippen LogP contribution in [0.3, 0.4) is 0 Å². The molecule has 3 aromatic rings. The Morgan fingerprint density at radius 2 is 1.62 bits per heavy atom. The minimum absolute atomic E-state index is 0.0360. The Kier molecular flexibility index (Phi) is 6.10. The smallest absolute Gasteiger partial charge is 0.265 e. The molecule has 152 valence electrons. The zero-order valence-electron chi connectivity index (χ0n) is 15.0. The van der Waals surface area contributed by atoms with E-state index in [1.54, 1.807) is 18.2 Å². The summed E-state index contributed by atoms with van der Waals surface area (Å²) in [6.45, 7) is 0. The van der Waals surface area contributed by atoms with E-state index in [1.165, 1.54) is 55.8 Å². The molecule has 0 fully saturated rings. The molecule has 0 bridgehead atoms. The number of hydrogen-bond donors (Lipinski definition) is 2. The van der Waals surface area contributed by atoms with Gasteiger partial charge >= 0.3 is 0 Å². The lowest BCUT2D eigenvalue weighted by atomic mass is 10.3. The highest BCUT2D eigenvalue weighted by molar-refractivity contribution is 9.10. The van der Waals surface area contributed by atoms with E-state index in [0.717, 1.165) is 0 Å². The average Bonchev–Trinajstić information content (AvgIpc) is 2.68. The zero-order valence-corrected chi connectivity index (χ0v) is 18.3. The molecule has 0 saturated carbocycles. The molecule has 1 heterocycles. The average molecular weight is 498 g/mol. The van der Waals surface area contributed by atoms with Gasteiger partial charge in [0.1, 0.15) is 16.5 Å². The van der Waals surface area contributed by atoms with Crippen LogP contribution < -0.4 is 14.2 Å². The number of aromatic nitrogens is 1. The van der Waals surface area contributed by atoms with Crippen LogP contribution in [0.1, 0.15) is 0 Å². The molecular formula is C18H16BrN3O5S2. The van der Waals surface area contributed by atoms with Crippen LogP contribution in [0, 0.1) is 0 Å². The van der Waals surface area contributed by atoms with Crippen molar-refractivity contribution in [3.63, 3.8) is 0 Å². The maximum Gasteiger partial charge on any atom is 0.265 e. The summed E-state index contributed by atoms with van der Waals surface area (Å²) in [6.07, 6.45) is 1.46. The van der Waals surface area contributed by atoms with Crippen LogP contribution in [-0.2, 0) is 20.0 Å². The third kappa shape index (κ3) is 5.05. The van der Waals surface area contributed by atoms with Crippen molar-refractivity contribution in [2.24, 2.45) is 0 Å². The number of pyridine rings is 1. The Labute approximate surface area is 177 Å². The van der Waals surface area contributed by atoms with Crippen molar-refractivity contribution in [1.82, 2.24) is 4.98 Å². The molecule has 2 N–H and O–H groups in total. The topological polar surface area (TPSA) is 114 Å². The monoisotopic (exact) mass is 497 g/mol. The van der Waals surface area contributed by atoms with Gasteiger partial charge in [-0.25, -0.2) is 21.8 Å². The number of methoxy groups -OCH3 is 1.